The van der Waals surface area contributed by atoms with Gasteiger partial charge in [-0.2, -0.15) is 0 Å². The van der Waals surface area contributed by atoms with Crippen molar-refractivity contribution >= 4 is 11.9 Å². The van der Waals surface area contributed by atoms with Crippen molar-refractivity contribution < 1.29 is 9.90 Å². The molecule has 12 heavy (non-hydrogen) atoms. The molecular weight excluding hydrogens is 152 g/mol. The van der Waals surface area contributed by atoms with Crippen LogP contribution in [0, 0.1) is 0 Å². The highest BCUT2D eigenvalue weighted by Crippen LogP contribution is 2.24. The van der Waals surface area contributed by atoms with Crippen LogP contribution in [0.2, 0.25) is 0 Å². The van der Waals surface area contributed by atoms with Crippen LogP contribution < -0.4 is 0 Å². The first-order valence-electron chi connectivity index (χ1n) is 3.78. The maximum atomic E-state index is 11.0. The molecule has 0 aliphatic heterocycles. The van der Waals surface area contributed by atoms with Crippen LogP contribution in [0.3, 0.4) is 0 Å². The third kappa shape index (κ3) is 0.970. The average molecular weight is 160 g/mol. The maximum Gasteiger partial charge on any atom is 0.188 e. The normalized spacial score (nSPS) is 20.8. The van der Waals surface area contributed by atoms with E-state index in [0.29, 0.717) is 5.56 Å². The summed E-state index contributed by atoms with van der Waals surface area (Å²) in [6, 6.07) is 7.34. The molecule has 1 N–H and O–H groups in total. The van der Waals surface area contributed by atoms with Gasteiger partial charge in [-0.1, -0.05) is 30.3 Å². The first kappa shape index (κ1) is 7.25. The number of hydrogen-bond acceptors (Lipinski definition) is 2. The number of rotatable bonds is 0. The summed E-state index contributed by atoms with van der Waals surface area (Å²) in [5.74, 6) is -0.242. The Morgan fingerprint density at radius 3 is 2.75 bits per heavy atom. The molecule has 0 amide bonds. The van der Waals surface area contributed by atoms with Crippen molar-refractivity contribution in [2.24, 2.45) is 0 Å². The van der Waals surface area contributed by atoms with E-state index in [9.17, 15) is 9.90 Å². The SMILES string of the molecule is O=C1C=Cc2ccccc2C1O. The molecule has 1 unspecified atom stereocenters. The number of carbonyl (C=O) groups excluding carboxylic acids is 1. The summed E-state index contributed by atoms with van der Waals surface area (Å²) >= 11 is 0. The number of carbonyl (C=O) groups is 1. The largest absolute Gasteiger partial charge is 0.380 e. The van der Waals surface area contributed by atoms with Gasteiger partial charge in [-0.25, -0.2) is 0 Å². The molecule has 60 valence electrons. The molecular formula is C10H8O2. The van der Waals surface area contributed by atoms with E-state index < -0.39 is 6.10 Å². The summed E-state index contributed by atoms with van der Waals surface area (Å²) in [6.45, 7) is 0. The van der Waals surface area contributed by atoms with Crippen LogP contribution in [-0.4, -0.2) is 10.9 Å². The van der Waals surface area contributed by atoms with Gasteiger partial charge in [-0.05, 0) is 17.2 Å². The Hall–Kier alpha value is -1.41. The Balaban J connectivity index is 2.59. The fourth-order valence-corrected chi connectivity index (χ4v) is 1.33. The molecule has 0 saturated heterocycles. The highest BCUT2D eigenvalue weighted by atomic mass is 16.3. The van der Waals surface area contributed by atoms with Crippen molar-refractivity contribution in [1.82, 2.24) is 0 Å². The van der Waals surface area contributed by atoms with Gasteiger partial charge in [0.05, 0.1) is 0 Å². The molecule has 2 nitrogen and oxygen atoms in total. The molecule has 2 heteroatoms. The highest BCUT2D eigenvalue weighted by Gasteiger charge is 2.20. The zero-order valence-corrected chi connectivity index (χ0v) is 6.40. The van der Waals surface area contributed by atoms with Gasteiger partial charge in [0.2, 0.25) is 0 Å². The number of fused-ring (bicyclic) bond motifs is 1. The molecule has 2 rings (SSSR count). The van der Waals surface area contributed by atoms with Crippen LogP contribution in [0.5, 0.6) is 0 Å². The van der Waals surface area contributed by atoms with Crippen LogP contribution in [0.15, 0.2) is 30.3 Å². The molecule has 1 aliphatic rings. The summed E-state index contributed by atoms with van der Waals surface area (Å²) < 4.78 is 0. The molecule has 0 bridgehead atoms. The minimum atomic E-state index is -0.966. The van der Waals surface area contributed by atoms with Crippen molar-refractivity contribution in [2.45, 2.75) is 6.10 Å². The van der Waals surface area contributed by atoms with Crippen molar-refractivity contribution in [3.05, 3.63) is 41.5 Å². The monoisotopic (exact) mass is 160 g/mol. The molecule has 0 saturated carbocycles. The van der Waals surface area contributed by atoms with Gasteiger partial charge in [0, 0.05) is 0 Å². The third-order valence-corrected chi connectivity index (χ3v) is 1.99. The summed E-state index contributed by atoms with van der Waals surface area (Å²) in [7, 11) is 0. The first-order valence-corrected chi connectivity index (χ1v) is 3.78. The second-order valence-corrected chi connectivity index (χ2v) is 2.77. The summed E-state index contributed by atoms with van der Waals surface area (Å²) in [6.07, 6.45) is 2.17. The highest BCUT2D eigenvalue weighted by molar-refractivity contribution is 6.00. The Morgan fingerprint density at radius 1 is 1.17 bits per heavy atom. The van der Waals surface area contributed by atoms with E-state index in [1.54, 1.807) is 12.1 Å². The van der Waals surface area contributed by atoms with Crippen LogP contribution >= 0.6 is 0 Å². The van der Waals surface area contributed by atoms with Crippen molar-refractivity contribution in [3.8, 4) is 0 Å². The predicted molar refractivity (Wildman–Crippen MR) is 45.4 cm³/mol. The lowest BCUT2D eigenvalue weighted by Crippen LogP contribution is -2.13. The number of aliphatic hydroxyl groups excluding tert-OH is 1. The molecule has 1 aliphatic carbocycles. The van der Waals surface area contributed by atoms with E-state index in [0.717, 1.165) is 5.56 Å². The second-order valence-electron chi connectivity index (χ2n) is 2.77. The molecule has 1 atom stereocenters. The molecule has 1 aromatic carbocycles. The summed E-state index contributed by atoms with van der Waals surface area (Å²) in [5, 5.41) is 9.43. The molecule has 0 radical (unpaired) electrons. The lowest BCUT2D eigenvalue weighted by Gasteiger charge is -2.14. The fourth-order valence-electron chi connectivity index (χ4n) is 1.33. The Labute approximate surface area is 70.2 Å². The van der Waals surface area contributed by atoms with Gasteiger partial charge in [0.25, 0.3) is 0 Å². The van der Waals surface area contributed by atoms with Crippen LogP contribution in [-0.2, 0) is 4.79 Å². The van der Waals surface area contributed by atoms with E-state index >= 15 is 0 Å². The van der Waals surface area contributed by atoms with E-state index in [4.69, 9.17) is 0 Å². The molecule has 1 aromatic rings. The molecule has 0 heterocycles. The fraction of sp³-hybridized carbons (Fsp3) is 0.100. The second kappa shape index (κ2) is 2.57. The summed E-state index contributed by atoms with van der Waals surface area (Å²) in [5.41, 5.74) is 1.62. The lowest BCUT2D eigenvalue weighted by atomic mass is 9.94. The van der Waals surface area contributed by atoms with Crippen LogP contribution in [0.4, 0.5) is 0 Å². The van der Waals surface area contributed by atoms with E-state index in [-0.39, 0.29) is 5.78 Å². The minimum absolute atomic E-state index is 0.242. The topological polar surface area (TPSA) is 37.3 Å². The number of ketones is 1. The first-order chi connectivity index (χ1) is 5.79. The molecule has 0 spiro atoms. The van der Waals surface area contributed by atoms with Crippen molar-refractivity contribution in [1.29, 1.82) is 0 Å². The smallest absolute Gasteiger partial charge is 0.188 e. The number of hydrogen-bond donors (Lipinski definition) is 1. The van der Waals surface area contributed by atoms with Gasteiger partial charge < -0.3 is 5.11 Å². The van der Waals surface area contributed by atoms with Crippen LogP contribution in [0.25, 0.3) is 6.08 Å². The Bertz CT molecular complexity index is 353. The Morgan fingerprint density at radius 2 is 1.92 bits per heavy atom. The lowest BCUT2D eigenvalue weighted by molar-refractivity contribution is -0.122. The maximum absolute atomic E-state index is 11.0. The van der Waals surface area contributed by atoms with E-state index in [2.05, 4.69) is 0 Å². The van der Waals surface area contributed by atoms with Crippen molar-refractivity contribution in [2.75, 3.05) is 0 Å². The van der Waals surface area contributed by atoms with Gasteiger partial charge in [0.15, 0.2) is 5.78 Å². The average Bonchev–Trinajstić information content (AvgIpc) is 2.12. The van der Waals surface area contributed by atoms with Gasteiger partial charge in [-0.15, -0.1) is 0 Å². The predicted octanol–water partition coefficient (Wildman–Crippen LogP) is 1.32. The molecule has 0 aromatic heterocycles. The van der Waals surface area contributed by atoms with Crippen molar-refractivity contribution in [3.63, 3.8) is 0 Å². The minimum Gasteiger partial charge on any atom is -0.380 e. The number of benzene rings is 1. The van der Waals surface area contributed by atoms with E-state index in [1.807, 2.05) is 18.2 Å². The van der Waals surface area contributed by atoms with Gasteiger partial charge >= 0.3 is 0 Å². The van der Waals surface area contributed by atoms with E-state index in [1.165, 1.54) is 6.08 Å². The standard InChI is InChI=1S/C10H8O2/c11-9-6-5-7-3-1-2-4-8(7)10(9)12/h1-6,10,12H. The van der Waals surface area contributed by atoms with Gasteiger partial charge in [0.1, 0.15) is 6.10 Å². The quantitative estimate of drug-likeness (QED) is 0.621. The summed E-state index contributed by atoms with van der Waals surface area (Å²) in [4.78, 5) is 11.0. The third-order valence-electron chi connectivity index (χ3n) is 1.99. The number of aliphatic hydroxyl groups is 1. The zero-order valence-electron chi connectivity index (χ0n) is 6.40. The van der Waals surface area contributed by atoms with Gasteiger partial charge in [-0.3, -0.25) is 4.79 Å². The Kier molecular flexibility index (Phi) is 1.55. The molecule has 0 fully saturated rings. The van der Waals surface area contributed by atoms with Crippen LogP contribution in [0.1, 0.15) is 17.2 Å². The zero-order chi connectivity index (χ0) is 8.55.